The van der Waals surface area contributed by atoms with Gasteiger partial charge in [-0.3, -0.25) is 0 Å². The predicted octanol–water partition coefficient (Wildman–Crippen LogP) is 2.00. The molecule has 0 unspecified atom stereocenters. The van der Waals surface area contributed by atoms with E-state index < -0.39 is 0 Å². The van der Waals surface area contributed by atoms with Crippen LogP contribution in [0.3, 0.4) is 0 Å². The molecular weight excluding hydrogens is 199 g/mol. The zero-order valence-corrected chi connectivity index (χ0v) is 10.6. The first kappa shape index (κ1) is 17.2. The topological polar surface area (TPSA) is 3.24 Å². The van der Waals surface area contributed by atoms with Gasteiger partial charge in [0.15, 0.2) is 0 Å². The molecule has 0 aromatic rings. The number of unbranched alkanes of at least 4 members (excludes halogenated alkanes) is 1. The molecule has 0 amide bonds. The van der Waals surface area contributed by atoms with Gasteiger partial charge in [-0.1, -0.05) is 13.8 Å². The van der Waals surface area contributed by atoms with E-state index in [-0.39, 0.29) is 32.7 Å². The molecule has 0 spiro atoms. The van der Waals surface area contributed by atoms with Crippen LogP contribution in [0.5, 0.6) is 0 Å². The Hall–Kier alpha value is 1.06. The Kier molecular flexibility index (Phi) is 28.6. The quantitative estimate of drug-likeness (QED) is 0.655. The summed E-state index contributed by atoms with van der Waals surface area (Å²) in [4.78, 5) is 2.12. The van der Waals surface area contributed by atoms with E-state index in [2.05, 4.69) is 18.2 Å². The minimum atomic E-state index is 0. The average molecular weight is 218 g/mol. The summed E-state index contributed by atoms with van der Waals surface area (Å²) in [6.45, 7) is 8.72. The summed E-state index contributed by atoms with van der Waals surface area (Å²) < 4.78 is 0. The molecule has 0 aromatic heterocycles. The average Bonchev–Trinajstić information content (AvgIpc) is 1.88. The summed E-state index contributed by atoms with van der Waals surface area (Å²) in [5.74, 6) is 0. The standard InChI is InChI=1S/C6H13N.C2H6.Y/c1-4-5-6-7(2)3;1-2;/h5H,1,4,6H2,2-3H3;1-2H3;/q-2;;. The van der Waals surface area contributed by atoms with Crippen molar-refractivity contribution < 1.29 is 32.7 Å². The molecule has 0 aromatic carbocycles. The van der Waals surface area contributed by atoms with Crippen LogP contribution in [0.1, 0.15) is 20.3 Å². The molecule has 0 fully saturated rings. The van der Waals surface area contributed by atoms with Gasteiger partial charge < -0.3 is 24.7 Å². The molecule has 1 radical (unpaired) electrons. The third-order valence-electron chi connectivity index (χ3n) is 0.698. The van der Waals surface area contributed by atoms with Crippen molar-refractivity contribution in [2.24, 2.45) is 0 Å². The monoisotopic (exact) mass is 218 g/mol. The first-order chi connectivity index (χ1) is 4.27. The van der Waals surface area contributed by atoms with Crippen LogP contribution in [-0.4, -0.2) is 25.5 Å². The van der Waals surface area contributed by atoms with Crippen LogP contribution in [0.25, 0.3) is 0 Å². The molecule has 0 bridgehead atoms. The molecule has 0 rings (SSSR count). The number of rotatable bonds is 3. The molecule has 1 nitrogen and oxygen atoms in total. The second-order valence-electron chi connectivity index (χ2n) is 1.84. The van der Waals surface area contributed by atoms with Crippen molar-refractivity contribution in [1.29, 1.82) is 0 Å². The summed E-state index contributed by atoms with van der Waals surface area (Å²) in [6.07, 6.45) is 3.07. The fourth-order valence-corrected chi connectivity index (χ4v) is 0.349. The van der Waals surface area contributed by atoms with Gasteiger partial charge in [0, 0.05) is 32.7 Å². The maximum Gasteiger partial charge on any atom is 0 e. The minimum absolute atomic E-state index is 0. The fraction of sp³-hybridized carbons (Fsp3) is 0.750. The molecular formula is C8H19NY-2. The largest absolute Gasteiger partial charge is 0.372 e. The third-order valence-corrected chi connectivity index (χ3v) is 0.698. The van der Waals surface area contributed by atoms with Crippen molar-refractivity contribution in [3.05, 3.63) is 13.3 Å². The van der Waals surface area contributed by atoms with Gasteiger partial charge in [-0.15, -0.1) is 6.54 Å². The maximum atomic E-state index is 3.68. The molecule has 0 aliphatic heterocycles. The van der Waals surface area contributed by atoms with E-state index in [1.54, 1.807) is 0 Å². The Morgan fingerprint density at radius 3 is 1.80 bits per heavy atom. The molecule has 10 heavy (non-hydrogen) atoms. The number of hydrogen-bond donors (Lipinski definition) is 0. The molecule has 0 aliphatic carbocycles. The summed E-state index contributed by atoms with van der Waals surface area (Å²) >= 11 is 0. The Morgan fingerprint density at radius 1 is 1.30 bits per heavy atom. The van der Waals surface area contributed by atoms with E-state index in [4.69, 9.17) is 0 Å². The molecule has 0 aliphatic rings. The molecule has 0 atom stereocenters. The molecule has 0 saturated carbocycles. The molecule has 2 heteroatoms. The van der Waals surface area contributed by atoms with E-state index in [0.29, 0.717) is 0 Å². The minimum Gasteiger partial charge on any atom is -0.372 e. The predicted molar refractivity (Wildman–Crippen MR) is 44.2 cm³/mol. The van der Waals surface area contributed by atoms with Crippen LogP contribution in [0.15, 0.2) is 0 Å². The second-order valence-corrected chi connectivity index (χ2v) is 1.84. The Balaban J connectivity index is -0.000000149. The number of nitrogens with zero attached hydrogens (tertiary/aromatic N) is 1. The van der Waals surface area contributed by atoms with Gasteiger partial charge in [-0.05, 0) is 14.1 Å². The summed E-state index contributed by atoms with van der Waals surface area (Å²) in [6, 6.07) is 0. The maximum absolute atomic E-state index is 3.68. The Morgan fingerprint density at radius 2 is 1.70 bits per heavy atom. The first-order valence-corrected chi connectivity index (χ1v) is 3.53. The zero-order chi connectivity index (χ0) is 7.70. The van der Waals surface area contributed by atoms with E-state index in [1.807, 2.05) is 27.9 Å². The van der Waals surface area contributed by atoms with E-state index >= 15 is 0 Å². The smallest absolute Gasteiger partial charge is 0 e. The van der Waals surface area contributed by atoms with Gasteiger partial charge in [0.05, 0.1) is 0 Å². The van der Waals surface area contributed by atoms with Gasteiger partial charge >= 0.3 is 0 Å². The summed E-state index contributed by atoms with van der Waals surface area (Å²) in [5.41, 5.74) is 0. The summed E-state index contributed by atoms with van der Waals surface area (Å²) in [5, 5.41) is 0. The number of hydrogen-bond acceptors (Lipinski definition) is 1. The molecule has 61 valence electrons. The fourth-order valence-electron chi connectivity index (χ4n) is 0.349. The normalized spacial score (nSPS) is 7.80. The Labute approximate surface area is 91.4 Å². The van der Waals surface area contributed by atoms with E-state index in [0.717, 1.165) is 13.0 Å². The van der Waals surface area contributed by atoms with Crippen molar-refractivity contribution in [1.82, 2.24) is 4.90 Å². The first-order valence-electron chi connectivity index (χ1n) is 3.53. The van der Waals surface area contributed by atoms with Crippen LogP contribution < -0.4 is 0 Å². The Bertz CT molecular complexity index is 38.2. The SMILES string of the molecule is CC.[CH2-]C[CH-]CN(C)C.[Y]. The van der Waals surface area contributed by atoms with Crippen LogP contribution in [0.2, 0.25) is 0 Å². The van der Waals surface area contributed by atoms with Crippen LogP contribution in [-0.2, 0) is 32.7 Å². The summed E-state index contributed by atoms with van der Waals surface area (Å²) in [7, 11) is 4.10. The molecule has 0 heterocycles. The third kappa shape index (κ3) is 23.0. The van der Waals surface area contributed by atoms with Crippen molar-refractivity contribution >= 4 is 0 Å². The van der Waals surface area contributed by atoms with Crippen LogP contribution >= 0.6 is 0 Å². The van der Waals surface area contributed by atoms with Gasteiger partial charge in [0.25, 0.3) is 0 Å². The van der Waals surface area contributed by atoms with E-state index in [9.17, 15) is 0 Å². The molecule has 0 N–H and O–H groups in total. The van der Waals surface area contributed by atoms with Crippen LogP contribution in [0.4, 0.5) is 0 Å². The van der Waals surface area contributed by atoms with Gasteiger partial charge in [0.2, 0.25) is 0 Å². The van der Waals surface area contributed by atoms with E-state index in [1.165, 1.54) is 0 Å². The van der Waals surface area contributed by atoms with Gasteiger partial charge in [-0.25, -0.2) is 0 Å². The second kappa shape index (κ2) is 16.6. The van der Waals surface area contributed by atoms with Gasteiger partial charge in [0.1, 0.15) is 0 Å². The molecule has 0 saturated heterocycles. The van der Waals surface area contributed by atoms with Crippen molar-refractivity contribution in [2.45, 2.75) is 20.3 Å². The van der Waals surface area contributed by atoms with Crippen LogP contribution in [0, 0.1) is 13.3 Å². The van der Waals surface area contributed by atoms with Crippen molar-refractivity contribution in [3.8, 4) is 0 Å². The van der Waals surface area contributed by atoms with Gasteiger partial charge in [-0.2, -0.15) is 0 Å². The van der Waals surface area contributed by atoms with Crippen molar-refractivity contribution in [2.75, 3.05) is 20.6 Å². The van der Waals surface area contributed by atoms with Crippen molar-refractivity contribution in [3.63, 3.8) is 0 Å². The zero-order valence-electron chi connectivity index (χ0n) is 7.72.